The zero-order valence-corrected chi connectivity index (χ0v) is 11.5. The van der Waals surface area contributed by atoms with Crippen LogP contribution in [0.2, 0.25) is 0 Å². The van der Waals surface area contributed by atoms with Crippen LogP contribution in [0.25, 0.3) is 0 Å². The van der Waals surface area contributed by atoms with Gasteiger partial charge in [-0.1, -0.05) is 23.4 Å². The lowest BCUT2D eigenvalue weighted by atomic mass is 10.0. The number of carbonyl (C=O) groups is 1. The van der Waals surface area contributed by atoms with Crippen LogP contribution < -0.4 is 5.32 Å². The number of aromatic nitrogens is 1. The van der Waals surface area contributed by atoms with E-state index in [1.165, 1.54) is 18.2 Å². The molecule has 1 heterocycles. The second kappa shape index (κ2) is 6.18. The Morgan fingerprint density at radius 1 is 1.41 bits per heavy atom. The number of halogens is 3. The molecule has 2 N–H and O–H groups in total. The number of amides is 1. The number of carbonyl (C=O) groups excluding carboxylic acids is 1. The first kappa shape index (κ1) is 16.0. The first-order valence-corrected chi connectivity index (χ1v) is 6.34. The van der Waals surface area contributed by atoms with Gasteiger partial charge in [-0.2, -0.15) is 13.2 Å². The van der Waals surface area contributed by atoms with Gasteiger partial charge in [0.05, 0.1) is 17.4 Å². The number of nitrogens with one attached hydrogen (secondary N) is 1. The largest absolute Gasteiger partial charge is 0.416 e. The van der Waals surface area contributed by atoms with Crippen molar-refractivity contribution in [1.82, 2.24) is 10.5 Å². The molecule has 22 heavy (non-hydrogen) atoms. The molecular weight excluding hydrogens is 301 g/mol. The summed E-state index contributed by atoms with van der Waals surface area (Å²) < 4.78 is 43.3. The molecule has 1 atom stereocenters. The van der Waals surface area contributed by atoms with Gasteiger partial charge in [0.15, 0.2) is 0 Å². The Hall–Kier alpha value is -2.35. The van der Waals surface area contributed by atoms with Crippen LogP contribution in [0.15, 0.2) is 34.9 Å². The predicted octanol–water partition coefficient (Wildman–Crippen LogP) is 2.47. The highest BCUT2D eigenvalue weighted by atomic mass is 19.4. The van der Waals surface area contributed by atoms with Crippen LogP contribution in [0.3, 0.4) is 0 Å². The first-order chi connectivity index (χ1) is 10.3. The van der Waals surface area contributed by atoms with Gasteiger partial charge in [0, 0.05) is 12.6 Å². The SMILES string of the molecule is Cc1cc(C(=O)NCC(O)c2ccccc2C(F)(F)F)on1. The smallest absolute Gasteiger partial charge is 0.387 e. The fourth-order valence-electron chi connectivity index (χ4n) is 1.90. The third-order valence-corrected chi connectivity index (χ3v) is 2.93. The molecule has 2 rings (SSSR count). The van der Waals surface area contributed by atoms with E-state index in [9.17, 15) is 23.1 Å². The summed E-state index contributed by atoms with van der Waals surface area (Å²) in [5.41, 5.74) is -0.746. The molecule has 1 aromatic carbocycles. The van der Waals surface area contributed by atoms with Crippen molar-refractivity contribution in [3.05, 3.63) is 52.9 Å². The number of nitrogens with zero attached hydrogens (tertiary/aromatic N) is 1. The molecule has 8 heteroatoms. The Kier molecular flexibility index (Phi) is 4.51. The number of aliphatic hydroxyl groups excluding tert-OH is 1. The van der Waals surface area contributed by atoms with Crippen LogP contribution in [-0.4, -0.2) is 22.7 Å². The first-order valence-electron chi connectivity index (χ1n) is 6.34. The minimum absolute atomic E-state index is 0.0752. The fraction of sp³-hybridized carbons (Fsp3) is 0.286. The summed E-state index contributed by atoms with van der Waals surface area (Å²) in [7, 11) is 0. The maximum atomic E-state index is 12.9. The van der Waals surface area contributed by atoms with Gasteiger partial charge in [0.1, 0.15) is 0 Å². The molecular formula is C14H13F3N2O3. The maximum Gasteiger partial charge on any atom is 0.416 e. The summed E-state index contributed by atoms with van der Waals surface area (Å²) >= 11 is 0. The number of aliphatic hydroxyl groups is 1. The van der Waals surface area contributed by atoms with E-state index in [-0.39, 0.29) is 17.9 Å². The molecule has 0 bridgehead atoms. The van der Waals surface area contributed by atoms with Crippen molar-refractivity contribution in [3.8, 4) is 0 Å². The Labute approximate surface area is 123 Å². The van der Waals surface area contributed by atoms with E-state index in [4.69, 9.17) is 4.52 Å². The van der Waals surface area contributed by atoms with E-state index in [0.29, 0.717) is 5.69 Å². The topological polar surface area (TPSA) is 75.4 Å². The van der Waals surface area contributed by atoms with Crippen molar-refractivity contribution in [2.45, 2.75) is 19.2 Å². The van der Waals surface area contributed by atoms with Crippen molar-refractivity contribution in [3.63, 3.8) is 0 Å². The van der Waals surface area contributed by atoms with Gasteiger partial charge < -0.3 is 14.9 Å². The van der Waals surface area contributed by atoms with Crippen molar-refractivity contribution in [1.29, 1.82) is 0 Å². The maximum absolute atomic E-state index is 12.9. The molecule has 5 nitrogen and oxygen atoms in total. The zero-order valence-electron chi connectivity index (χ0n) is 11.5. The van der Waals surface area contributed by atoms with Crippen molar-refractivity contribution < 1.29 is 27.6 Å². The number of hydrogen-bond acceptors (Lipinski definition) is 4. The summed E-state index contributed by atoms with van der Waals surface area (Å²) in [5.74, 6) is -0.738. The molecule has 0 aliphatic carbocycles. The van der Waals surface area contributed by atoms with Crippen LogP contribution in [-0.2, 0) is 6.18 Å². The van der Waals surface area contributed by atoms with Crippen molar-refractivity contribution in [2.75, 3.05) is 6.54 Å². The summed E-state index contributed by atoms with van der Waals surface area (Å²) in [5, 5.41) is 15.7. The highest BCUT2D eigenvalue weighted by molar-refractivity contribution is 5.91. The normalized spacial score (nSPS) is 13.0. The Morgan fingerprint density at radius 2 is 2.09 bits per heavy atom. The highest BCUT2D eigenvalue weighted by Gasteiger charge is 2.34. The minimum atomic E-state index is -4.58. The summed E-state index contributed by atoms with van der Waals surface area (Å²) in [6.07, 6.45) is -6.07. The lowest BCUT2D eigenvalue weighted by Gasteiger charge is -2.17. The lowest BCUT2D eigenvalue weighted by molar-refractivity contribution is -0.139. The second-order valence-corrected chi connectivity index (χ2v) is 4.64. The molecule has 1 unspecified atom stereocenters. The van der Waals surface area contributed by atoms with E-state index in [0.717, 1.165) is 12.1 Å². The van der Waals surface area contributed by atoms with Crippen molar-refractivity contribution >= 4 is 5.91 Å². The van der Waals surface area contributed by atoms with Gasteiger partial charge in [0.25, 0.3) is 5.91 Å². The minimum Gasteiger partial charge on any atom is -0.387 e. The number of alkyl halides is 3. The second-order valence-electron chi connectivity index (χ2n) is 4.64. The van der Waals surface area contributed by atoms with Crippen LogP contribution in [0.1, 0.15) is 33.5 Å². The number of benzene rings is 1. The number of hydrogen-bond donors (Lipinski definition) is 2. The standard InChI is InChI=1S/C14H13F3N2O3/c1-8-6-12(22-19-8)13(21)18-7-11(20)9-4-2-3-5-10(9)14(15,16)17/h2-6,11,20H,7H2,1H3,(H,18,21). The summed E-state index contributed by atoms with van der Waals surface area (Å²) in [6.45, 7) is 1.24. The Balaban J connectivity index is 2.07. The summed E-state index contributed by atoms with van der Waals surface area (Å²) in [4.78, 5) is 11.7. The molecule has 2 aromatic rings. The average molecular weight is 314 g/mol. The molecule has 1 amide bonds. The number of aryl methyl sites for hydroxylation is 1. The van der Waals surface area contributed by atoms with E-state index < -0.39 is 23.8 Å². The third-order valence-electron chi connectivity index (χ3n) is 2.93. The van der Waals surface area contributed by atoms with Crippen LogP contribution in [0.5, 0.6) is 0 Å². The lowest BCUT2D eigenvalue weighted by Crippen LogP contribution is -2.29. The van der Waals surface area contributed by atoms with Crippen LogP contribution in [0, 0.1) is 6.92 Å². The zero-order chi connectivity index (χ0) is 16.3. The van der Waals surface area contributed by atoms with Gasteiger partial charge in [-0.3, -0.25) is 4.79 Å². The van der Waals surface area contributed by atoms with E-state index >= 15 is 0 Å². The molecule has 0 fully saturated rings. The fourth-order valence-corrected chi connectivity index (χ4v) is 1.90. The van der Waals surface area contributed by atoms with E-state index in [1.54, 1.807) is 6.92 Å². The molecule has 118 valence electrons. The van der Waals surface area contributed by atoms with Gasteiger partial charge in [-0.05, 0) is 18.6 Å². The summed E-state index contributed by atoms with van der Waals surface area (Å²) in [6, 6.07) is 6.04. The molecule has 1 aromatic heterocycles. The Bertz CT molecular complexity index is 667. The molecule has 0 spiro atoms. The quantitative estimate of drug-likeness (QED) is 0.909. The predicted molar refractivity (Wildman–Crippen MR) is 70.0 cm³/mol. The average Bonchev–Trinajstić information content (AvgIpc) is 2.90. The molecule has 0 aliphatic rings. The van der Waals surface area contributed by atoms with Crippen LogP contribution in [0.4, 0.5) is 13.2 Å². The Morgan fingerprint density at radius 3 is 2.68 bits per heavy atom. The van der Waals surface area contributed by atoms with Gasteiger partial charge in [-0.25, -0.2) is 0 Å². The van der Waals surface area contributed by atoms with Gasteiger partial charge in [-0.15, -0.1) is 0 Å². The monoisotopic (exact) mass is 314 g/mol. The van der Waals surface area contributed by atoms with Gasteiger partial charge >= 0.3 is 6.18 Å². The molecule has 0 radical (unpaired) electrons. The van der Waals surface area contributed by atoms with E-state index in [2.05, 4.69) is 10.5 Å². The van der Waals surface area contributed by atoms with Gasteiger partial charge in [0.2, 0.25) is 5.76 Å². The van der Waals surface area contributed by atoms with Crippen LogP contribution >= 0.6 is 0 Å². The highest BCUT2D eigenvalue weighted by Crippen LogP contribution is 2.34. The van der Waals surface area contributed by atoms with Crippen molar-refractivity contribution in [2.24, 2.45) is 0 Å². The number of rotatable bonds is 4. The molecule has 0 saturated carbocycles. The molecule has 0 aliphatic heterocycles. The third kappa shape index (κ3) is 3.64. The van der Waals surface area contributed by atoms with E-state index in [1.807, 2.05) is 0 Å². The molecule has 0 saturated heterocycles.